The highest BCUT2D eigenvalue weighted by Gasteiger charge is 2.59. The number of anilines is 2. The number of nitrogens with zero attached hydrogens (tertiary/aromatic N) is 7. The minimum atomic E-state index is -2.97. The van der Waals surface area contributed by atoms with Gasteiger partial charge in [0.25, 0.3) is 0 Å². The minimum Gasteiger partial charge on any atom is -0.431 e. The molecule has 0 bridgehead atoms. The molecule has 9 rings (SSSR count). The smallest absolute Gasteiger partial charge is 0.387 e. The summed E-state index contributed by atoms with van der Waals surface area (Å²) >= 11 is 0. The van der Waals surface area contributed by atoms with E-state index in [1.54, 1.807) is 6.20 Å². The lowest BCUT2D eigenvalue weighted by atomic mass is 10.0. The third-order valence-corrected chi connectivity index (χ3v) is 12.2. The van der Waals surface area contributed by atoms with Gasteiger partial charge < -0.3 is 25.7 Å². The molecule has 4 aromatic rings. The number of nitrogen functional groups attached to an aromatic ring is 2. The summed E-state index contributed by atoms with van der Waals surface area (Å²) in [7, 11) is 0. The molecule has 17 heteroatoms. The molecular formula is C40H49F4N9O4. The summed E-state index contributed by atoms with van der Waals surface area (Å²) in [4.78, 5) is 22.1. The van der Waals surface area contributed by atoms with Crippen LogP contribution >= 0.6 is 0 Å². The second-order valence-electron chi connectivity index (χ2n) is 16.4. The van der Waals surface area contributed by atoms with Gasteiger partial charge in [0.15, 0.2) is 23.1 Å². The molecule has 1 aliphatic heterocycles. The van der Waals surface area contributed by atoms with Gasteiger partial charge >= 0.3 is 13.2 Å². The number of aromatic nitrogens is 6. The van der Waals surface area contributed by atoms with Crippen LogP contribution in [0.25, 0.3) is 22.5 Å². The molecule has 1 saturated heterocycles. The lowest BCUT2D eigenvalue weighted by molar-refractivity contribution is -0.118. The van der Waals surface area contributed by atoms with Crippen molar-refractivity contribution in [2.75, 3.05) is 37.8 Å². The average Bonchev–Trinajstić information content (AvgIpc) is 3.61. The molecule has 57 heavy (non-hydrogen) atoms. The highest BCUT2D eigenvalue weighted by atomic mass is 19.3. The van der Waals surface area contributed by atoms with Crippen LogP contribution in [0.5, 0.6) is 11.5 Å². The number of hydrogen-bond acceptors (Lipinski definition) is 11. The maximum Gasteiger partial charge on any atom is 0.387 e. The highest BCUT2D eigenvalue weighted by molar-refractivity contribution is 5.83. The number of halogens is 4. The summed E-state index contributed by atoms with van der Waals surface area (Å²) in [5, 5.41) is 9.44. The fourth-order valence-corrected chi connectivity index (χ4v) is 9.54. The van der Waals surface area contributed by atoms with E-state index in [0.29, 0.717) is 82.7 Å². The lowest BCUT2D eigenvalue weighted by Gasteiger charge is -2.33. The van der Waals surface area contributed by atoms with Gasteiger partial charge in [0.05, 0.1) is 24.6 Å². The molecule has 13 nitrogen and oxygen atoms in total. The number of hydrogen-bond donors (Lipinski definition) is 2. The van der Waals surface area contributed by atoms with Crippen LogP contribution in [-0.2, 0) is 9.53 Å². The van der Waals surface area contributed by atoms with E-state index in [1.165, 1.54) is 36.9 Å². The van der Waals surface area contributed by atoms with E-state index < -0.39 is 13.2 Å². The third kappa shape index (κ3) is 7.92. The van der Waals surface area contributed by atoms with E-state index in [9.17, 15) is 22.4 Å². The first-order valence-corrected chi connectivity index (χ1v) is 19.7. The zero-order valence-corrected chi connectivity index (χ0v) is 32.4. The predicted octanol–water partition coefficient (Wildman–Crippen LogP) is 6.94. The topological polar surface area (TPSA) is 161 Å². The second kappa shape index (κ2) is 15.5. The van der Waals surface area contributed by atoms with Gasteiger partial charge in [-0.1, -0.05) is 0 Å². The van der Waals surface area contributed by atoms with Gasteiger partial charge in [-0.25, -0.2) is 9.97 Å². The van der Waals surface area contributed by atoms with E-state index in [1.807, 2.05) is 24.6 Å². The van der Waals surface area contributed by atoms with Gasteiger partial charge in [-0.15, -0.1) is 0 Å². The minimum absolute atomic E-state index is 0.0570. The van der Waals surface area contributed by atoms with Crippen molar-refractivity contribution in [2.45, 2.75) is 96.6 Å². The molecule has 4 saturated carbocycles. The first-order valence-electron chi connectivity index (χ1n) is 19.7. The Morgan fingerprint density at radius 3 is 1.56 bits per heavy atom. The number of pyridine rings is 2. The summed E-state index contributed by atoms with van der Waals surface area (Å²) in [5.74, 6) is 2.97. The van der Waals surface area contributed by atoms with Gasteiger partial charge in [-0.05, 0) is 88.5 Å². The summed E-state index contributed by atoms with van der Waals surface area (Å²) in [6.45, 7) is 6.13. The van der Waals surface area contributed by atoms with Crippen molar-refractivity contribution in [1.29, 1.82) is 0 Å². The molecule has 0 spiro atoms. The van der Waals surface area contributed by atoms with Crippen LogP contribution < -0.4 is 20.9 Å². The van der Waals surface area contributed by atoms with Crippen molar-refractivity contribution < 1.29 is 36.6 Å². The van der Waals surface area contributed by atoms with Crippen molar-refractivity contribution in [1.82, 2.24) is 34.4 Å². The Bertz CT molecular complexity index is 2080. The molecule has 4 aliphatic carbocycles. The molecule has 5 heterocycles. The van der Waals surface area contributed by atoms with Crippen LogP contribution in [0.3, 0.4) is 0 Å². The third-order valence-electron chi connectivity index (χ3n) is 12.2. The fourth-order valence-electron chi connectivity index (χ4n) is 9.54. The van der Waals surface area contributed by atoms with Crippen molar-refractivity contribution in [3.63, 3.8) is 0 Å². The number of ketones is 1. The van der Waals surface area contributed by atoms with Crippen molar-refractivity contribution in [2.24, 2.45) is 23.7 Å². The van der Waals surface area contributed by atoms with Crippen molar-refractivity contribution in [3.8, 4) is 34.0 Å². The average molecular weight is 796 g/mol. The molecule has 4 N–H and O–H groups in total. The Morgan fingerprint density at radius 1 is 0.702 bits per heavy atom. The molecule has 5 aliphatic rings. The number of fused-ring (bicyclic) bond motifs is 2. The summed E-state index contributed by atoms with van der Waals surface area (Å²) in [5.41, 5.74) is 16.2. The summed E-state index contributed by atoms with van der Waals surface area (Å²) < 4.78 is 68.9. The van der Waals surface area contributed by atoms with Gasteiger partial charge in [-0.3, -0.25) is 19.1 Å². The van der Waals surface area contributed by atoms with Crippen LogP contribution in [0.1, 0.15) is 88.7 Å². The molecule has 4 aromatic heterocycles. The lowest BCUT2D eigenvalue weighted by Crippen LogP contribution is -2.43. The Morgan fingerprint density at radius 2 is 1.14 bits per heavy atom. The maximum absolute atomic E-state index is 12.7. The van der Waals surface area contributed by atoms with Crippen LogP contribution in [0, 0.1) is 23.7 Å². The van der Waals surface area contributed by atoms with Crippen LogP contribution in [-0.4, -0.2) is 85.8 Å². The molecule has 0 aromatic carbocycles. The maximum atomic E-state index is 12.7. The van der Waals surface area contributed by atoms with Crippen molar-refractivity contribution >= 4 is 17.4 Å². The van der Waals surface area contributed by atoms with Gasteiger partial charge in [0.1, 0.15) is 5.78 Å². The number of ether oxygens (including phenoxy) is 3. The second-order valence-corrected chi connectivity index (χ2v) is 16.4. The van der Waals surface area contributed by atoms with E-state index in [-0.39, 0.29) is 35.2 Å². The van der Waals surface area contributed by atoms with E-state index in [4.69, 9.17) is 21.3 Å². The first kappa shape index (κ1) is 39.1. The Kier molecular flexibility index (Phi) is 10.6. The number of nitrogens with two attached hydrogens (primary N) is 2. The van der Waals surface area contributed by atoms with Gasteiger partial charge in [0, 0.05) is 90.8 Å². The Labute approximate surface area is 328 Å². The number of alkyl halides is 4. The van der Waals surface area contributed by atoms with E-state index in [0.717, 1.165) is 32.0 Å². The first-order chi connectivity index (χ1) is 27.3. The number of morpholine rings is 1. The molecule has 306 valence electrons. The van der Waals surface area contributed by atoms with Gasteiger partial charge in [0.2, 0.25) is 0 Å². The van der Waals surface area contributed by atoms with E-state index >= 15 is 0 Å². The Balaban J connectivity index is 0.000000162. The van der Waals surface area contributed by atoms with Crippen LogP contribution in [0.2, 0.25) is 0 Å². The standard InChI is InChI=1S/C22H29F2N5O2.C18H20F2N4O2/c1-12(2)29-18(20-15-8-14(9-16(15)20)28-3-5-30-6-4-28)10-17(27-29)13-7-19(31-22(23)24)21(25)26-11-13;1-8(2)24-14(16-11-4-10(25)5-12(11)16)6-13(23-24)9-3-15(26-18(19)20)17(21)22-7-9/h7,10-12,14-16,20,22H,3-6,8-9H2,1-2H3,(H2,25,26);3,6-8,11-12,16,18H,4-5H2,1-2H3,(H2,21,22)/t14?,15-,16+,20?;11-,12+,16?. The zero-order chi connectivity index (χ0) is 40.3. The number of rotatable bonds is 11. The quantitative estimate of drug-likeness (QED) is 0.151. The van der Waals surface area contributed by atoms with Crippen molar-refractivity contribution in [3.05, 3.63) is 48.0 Å². The summed E-state index contributed by atoms with van der Waals surface area (Å²) in [6, 6.07) is 8.00. The molecule has 0 radical (unpaired) electrons. The Hall–Kier alpha value is -4.77. The van der Waals surface area contributed by atoms with Gasteiger partial charge in [-0.2, -0.15) is 27.8 Å². The number of carbonyl (C=O) groups excluding carboxylic acids is 1. The largest absolute Gasteiger partial charge is 0.431 e. The SMILES string of the molecule is CC(C)n1nc(-c2cnc(N)c(OC(F)F)c2)cc1C1[C@H]2CC(=O)C[C@@H]12.CC(C)n1nc(-c2cnc(N)c(OC(F)F)c2)cc1C1[C@H]2CC(N3CCOCC3)C[C@@H]12. The molecule has 0 amide bonds. The van der Waals surface area contributed by atoms with Crippen LogP contribution in [0.4, 0.5) is 29.2 Å². The zero-order valence-electron chi connectivity index (χ0n) is 32.4. The number of carbonyl (C=O) groups is 1. The molecule has 5 fully saturated rings. The fraction of sp³-hybridized carbons (Fsp3) is 0.575. The molecular weight excluding hydrogens is 746 g/mol. The molecule has 7 atom stereocenters. The summed E-state index contributed by atoms with van der Waals surface area (Å²) in [6.07, 6.45) is 6.80. The highest BCUT2D eigenvalue weighted by Crippen LogP contribution is 2.64. The van der Waals surface area contributed by atoms with E-state index in [2.05, 4.69) is 54.0 Å². The number of Topliss-reactive ketones (excluding diaryl/α,β-unsaturated/α-hetero) is 1. The predicted molar refractivity (Wildman–Crippen MR) is 203 cm³/mol. The monoisotopic (exact) mass is 795 g/mol. The normalized spacial score (nSPS) is 26.5. The molecule has 3 unspecified atom stereocenters. The van der Waals surface area contributed by atoms with Crippen LogP contribution in [0.15, 0.2) is 36.7 Å².